The van der Waals surface area contributed by atoms with Crippen LogP contribution in [0.3, 0.4) is 0 Å². The molecule has 2 rings (SSSR count). The van der Waals surface area contributed by atoms with Crippen LogP contribution in [0.5, 0.6) is 0 Å². The minimum absolute atomic E-state index is 0.0292. The van der Waals surface area contributed by atoms with Crippen LogP contribution in [0.4, 0.5) is 4.39 Å². The number of esters is 1. The van der Waals surface area contributed by atoms with Crippen LogP contribution in [0.25, 0.3) is 0 Å². The molecule has 0 fully saturated rings. The highest BCUT2D eigenvalue weighted by molar-refractivity contribution is 5.87. The van der Waals surface area contributed by atoms with Crippen LogP contribution in [-0.2, 0) is 16.0 Å². The number of halogens is 1. The summed E-state index contributed by atoms with van der Waals surface area (Å²) in [5.74, 6) is -0.607. The van der Waals surface area contributed by atoms with Crippen molar-refractivity contribution in [3.63, 3.8) is 0 Å². The van der Waals surface area contributed by atoms with Crippen LogP contribution < -0.4 is 0 Å². The number of hydrogen-bond donors (Lipinski definition) is 0. The highest BCUT2D eigenvalue weighted by Gasteiger charge is 2.38. The maximum atomic E-state index is 13.4. The van der Waals surface area contributed by atoms with Gasteiger partial charge in [-0.05, 0) is 56.9 Å². The van der Waals surface area contributed by atoms with Crippen molar-refractivity contribution in [3.05, 3.63) is 47.3 Å². The van der Waals surface area contributed by atoms with Gasteiger partial charge in [-0.1, -0.05) is 12.6 Å². The first-order valence-corrected chi connectivity index (χ1v) is 6.48. The second-order valence-corrected chi connectivity index (χ2v) is 5.71. The largest absolute Gasteiger partial charge is 0.456 e. The zero-order valence-electron chi connectivity index (χ0n) is 11.6. The third-order valence-corrected chi connectivity index (χ3v) is 3.73. The normalized spacial score (nSPS) is 18.0. The summed E-state index contributed by atoms with van der Waals surface area (Å²) in [6.45, 7) is 8.96. The Bertz CT molecular complexity index is 532. The Labute approximate surface area is 113 Å². The summed E-state index contributed by atoms with van der Waals surface area (Å²) in [6, 6.07) is 4.86. The van der Waals surface area contributed by atoms with Crippen LogP contribution in [0.2, 0.25) is 0 Å². The van der Waals surface area contributed by atoms with Gasteiger partial charge in [-0.3, -0.25) is 0 Å². The molecule has 3 heteroatoms. The Hall–Kier alpha value is -1.64. The monoisotopic (exact) mass is 262 g/mol. The average molecular weight is 262 g/mol. The standard InChI is InChI=1S/C16H19FO2/c1-10(2)15(18)19-16(3,4)14-8-6-11-5-7-12(17)9-13(11)14/h5,7,9,14H,1,6,8H2,2-4H3. The molecule has 1 atom stereocenters. The molecule has 1 aliphatic rings. The number of hydrogen-bond acceptors (Lipinski definition) is 2. The molecule has 0 aliphatic heterocycles. The summed E-state index contributed by atoms with van der Waals surface area (Å²) in [5.41, 5.74) is 1.82. The van der Waals surface area contributed by atoms with Gasteiger partial charge >= 0.3 is 5.97 Å². The molecule has 0 heterocycles. The van der Waals surface area contributed by atoms with E-state index in [0.29, 0.717) is 5.57 Å². The van der Waals surface area contributed by atoms with Gasteiger partial charge in [0.2, 0.25) is 0 Å². The lowest BCUT2D eigenvalue weighted by molar-refractivity contribution is -0.153. The van der Waals surface area contributed by atoms with Crippen LogP contribution in [0.1, 0.15) is 44.2 Å². The van der Waals surface area contributed by atoms with Gasteiger partial charge in [0.15, 0.2) is 0 Å². The second-order valence-electron chi connectivity index (χ2n) is 5.71. The lowest BCUT2D eigenvalue weighted by atomic mass is 9.85. The number of fused-ring (bicyclic) bond motifs is 1. The molecule has 1 unspecified atom stereocenters. The molecule has 1 aromatic rings. The van der Waals surface area contributed by atoms with Gasteiger partial charge in [0.05, 0.1) is 0 Å². The summed E-state index contributed by atoms with van der Waals surface area (Å²) >= 11 is 0. The van der Waals surface area contributed by atoms with Gasteiger partial charge < -0.3 is 4.74 Å². The number of carbonyl (C=O) groups is 1. The molecule has 0 radical (unpaired) electrons. The maximum Gasteiger partial charge on any atom is 0.333 e. The minimum Gasteiger partial charge on any atom is -0.456 e. The number of rotatable bonds is 3. The van der Waals surface area contributed by atoms with Gasteiger partial charge in [-0.15, -0.1) is 0 Å². The SMILES string of the molecule is C=C(C)C(=O)OC(C)(C)C1CCc2ccc(F)cc21. The number of ether oxygens (including phenoxy) is 1. The van der Waals surface area contributed by atoms with Gasteiger partial charge in [-0.25, -0.2) is 9.18 Å². The topological polar surface area (TPSA) is 26.3 Å². The van der Waals surface area contributed by atoms with Crippen LogP contribution in [0.15, 0.2) is 30.4 Å². The zero-order valence-corrected chi connectivity index (χ0v) is 11.6. The van der Waals surface area contributed by atoms with Crippen LogP contribution in [-0.4, -0.2) is 11.6 Å². The predicted molar refractivity (Wildman–Crippen MR) is 72.4 cm³/mol. The summed E-state index contributed by atoms with van der Waals surface area (Å²) < 4.78 is 18.9. The summed E-state index contributed by atoms with van der Waals surface area (Å²) in [4.78, 5) is 11.7. The van der Waals surface area contributed by atoms with Crippen molar-refractivity contribution >= 4 is 5.97 Å². The Balaban J connectivity index is 2.27. The first kappa shape index (κ1) is 13.8. The van der Waals surface area contributed by atoms with Gasteiger partial charge in [0.1, 0.15) is 11.4 Å². The minimum atomic E-state index is -0.658. The summed E-state index contributed by atoms with van der Waals surface area (Å²) in [5, 5.41) is 0. The average Bonchev–Trinajstić information content (AvgIpc) is 2.71. The molecule has 0 spiro atoms. The van der Waals surface area contributed by atoms with E-state index in [0.717, 1.165) is 24.0 Å². The Kier molecular flexibility index (Phi) is 3.48. The molecule has 1 aromatic carbocycles. The number of benzene rings is 1. The second kappa shape index (κ2) is 4.80. The molecule has 0 saturated carbocycles. The van der Waals surface area contributed by atoms with E-state index in [2.05, 4.69) is 6.58 Å². The number of carbonyl (C=O) groups excluding carboxylic acids is 1. The summed E-state index contributed by atoms with van der Waals surface area (Å²) in [6.07, 6.45) is 1.77. The fourth-order valence-corrected chi connectivity index (χ4v) is 2.69. The molecular weight excluding hydrogens is 243 g/mol. The van der Waals surface area contributed by atoms with Gasteiger partial charge in [-0.2, -0.15) is 0 Å². The van der Waals surface area contributed by atoms with Gasteiger partial charge in [0, 0.05) is 11.5 Å². The third-order valence-electron chi connectivity index (χ3n) is 3.73. The molecule has 0 aromatic heterocycles. The maximum absolute atomic E-state index is 13.4. The lowest BCUT2D eigenvalue weighted by Gasteiger charge is -2.32. The molecule has 0 saturated heterocycles. The Morgan fingerprint density at radius 1 is 1.47 bits per heavy atom. The molecule has 1 aliphatic carbocycles. The Morgan fingerprint density at radius 2 is 2.16 bits per heavy atom. The number of aryl methyl sites for hydroxylation is 1. The van der Waals surface area contributed by atoms with Crippen molar-refractivity contribution in [2.75, 3.05) is 0 Å². The van der Waals surface area contributed by atoms with Crippen molar-refractivity contribution in [2.45, 2.75) is 45.1 Å². The van der Waals surface area contributed by atoms with Crippen LogP contribution >= 0.6 is 0 Å². The third kappa shape index (κ3) is 2.70. The first-order valence-electron chi connectivity index (χ1n) is 6.48. The fraction of sp³-hybridized carbons (Fsp3) is 0.438. The molecule has 0 bridgehead atoms. The van der Waals surface area contributed by atoms with E-state index in [-0.39, 0.29) is 11.7 Å². The van der Waals surface area contributed by atoms with Crippen molar-refractivity contribution in [1.82, 2.24) is 0 Å². The van der Waals surface area contributed by atoms with Crippen molar-refractivity contribution in [3.8, 4) is 0 Å². The predicted octanol–water partition coefficient (Wildman–Crippen LogP) is 3.75. The smallest absolute Gasteiger partial charge is 0.333 e. The summed E-state index contributed by atoms with van der Waals surface area (Å²) in [7, 11) is 0. The van der Waals surface area contributed by atoms with Gasteiger partial charge in [0.25, 0.3) is 0 Å². The van der Waals surface area contributed by atoms with Crippen molar-refractivity contribution in [2.24, 2.45) is 0 Å². The van der Waals surface area contributed by atoms with Crippen molar-refractivity contribution in [1.29, 1.82) is 0 Å². The van der Waals surface area contributed by atoms with E-state index >= 15 is 0 Å². The molecule has 2 nitrogen and oxygen atoms in total. The van der Waals surface area contributed by atoms with E-state index in [1.54, 1.807) is 13.0 Å². The molecule has 0 N–H and O–H groups in total. The first-order chi connectivity index (χ1) is 8.81. The van der Waals surface area contributed by atoms with Crippen molar-refractivity contribution < 1.29 is 13.9 Å². The molecule has 102 valence electrons. The van der Waals surface area contributed by atoms with E-state index in [9.17, 15) is 9.18 Å². The highest BCUT2D eigenvalue weighted by atomic mass is 19.1. The van der Waals surface area contributed by atoms with E-state index in [1.165, 1.54) is 6.07 Å². The molecular formula is C16H19FO2. The fourth-order valence-electron chi connectivity index (χ4n) is 2.69. The van der Waals surface area contributed by atoms with E-state index < -0.39 is 11.6 Å². The Morgan fingerprint density at radius 3 is 2.79 bits per heavy atom. The van der Waals surface area contributed by atoms with E-state index in [4.69, 9.17) is 4.74 Å². The molecule has 19 heavy (non-hydrogen) atoms. The highest BCUT2D eigenvalue weighted by Crippen LogP contribution is 2.42. The lowest BCUT2D eigenvalue weighted by Crippen LogP contribution is -2.34. The molecule has 0 amide bonds. The quantitative estimate of drug-likeness (QED) is 0.612. The van der Waals surface area contributed by atoms with Crippen LogP contribution in [0, 0.1) is 5.82 Å². The zero-order chi connectivity index (χ0) is 14.2. The van der Waals surface area contributed by atoms with E-state index in [1.807, 2.05) is 19.9 Å².